The predicted molar refractivity (Wildman–Crippen MR) is 94.6 cm³/mol. The van der Waals surface area contributed by atoms with Crippen LogP contribution in [-0.4, -0.2) is 39.9 Å². The van der Waals surface area contributed by atoms with Crippen molar-refractivity contribution in [2.45, 2.75) is 32.2 Å². The molecule has 6 nitrogen and oxygen atoms in total. The zero-order chi connectivity index (χ0) is 16.9. The van der Waals surface area contributed by atoms with Gasteiger partial charge in [0.1, 0.15) is 5.82 Å². The Labute approximate surface area is 142 Å². The van der Waals surface area contributed by atoms with Gasteiger partial charge in [0.2, 0.25) is 11.9 Å². The second-order valence-electron chi connectivity index (χ2n) is 6.23. The summed E-state index contributed by atoms with van der Waals surface area (Å²) in [5.41, 5.74) is 7.79. The van der Waals surface area contributed by atoms with Crippen LogP contribution in [0, 0.1) is 6.92 Å². The molecule has 1 amide bonds. The lowest BCUT2D eigenvalue weighted by molar-refractivity contribution is -0.127. The Morgan fingerprint density at radius 2 is 2.08 bits per heavy atom. The summed E-state index contributed by atoms with van der Waals surface area (Å²) in [4.78, 5) is 22.3. The molecule has 3 rings (SSSR count). The highest BCUT2D eigenvalue weighted by molar-refractivity contribution is 5.80. The van der Waals surface area contributed by atoms with Crippen LogP contribution in [0.4, 0.5) is 11.8 Å². The smallest absolute Gasteiger partial charge is 0.224 e. The van der Waals surface area contributed by atoms with Gasteiger partial charge in [0.15, 0.2) is 0 Å². The molecular weight excluding hydrogens is 302 g/mol. The van der Waals surface area contributed by atoms with E-state index in [0.717, 1.165) is 25.1 Å². The maximum atomic E-state index is 12.2. The van der Waals surface area contributed by atoms with Gasteiger partial charge in [0.05, 0.1) is 6.04 Å². The topological polar surface area (TPSA) is 84.1 Å². The molecule has 2 heterocycles. The number of nitrogens with zero attached hydrogens (tertiary/aromatic N) is 3. The number of nitrogen functional groups attached to an aromatic ring is 1. The Bertz CT molecular complexity index is 684. The number of hydrogen-bond acceptors (Lipinski definition) is 5. The predicted octanol–water partition coefficient (Wildman–Crippen LogP) is 2.01. The van der Waals surface area contributed by atoms with Crippen molar-refractivity contribution < 1.29 is 4.79 Å². The number of aryl methyl sites for hydroxylation is 2. The highest BCUT2D eigenvalue weighted by atomic mass is 16.2. The summed E-state index contributed by atoms with van der Waals surface area (Å²) >= 11 is 0. The molecule has 3 N–H and O–H groups in total. The molecule has 1 atom stereocenters. The van der Waals surface area contributed by atoms with Gasteiger partial charge in [-0.1, -0.05) is 30.3 Å². The molecule has 1 aliphatic rings. The standard InChI is InChI=1S/C18H23N5O/c1-13-10-16(22-18(19)20-13)21-15-11-17(24)23(12-15)9-5-8-14-6-3-2-4-7-14/h2-4,6-7,10,15H,5,8-9,11-12H2,1H3,(H3,19,20,21,22). The highest BCUT2D eigenvalue weighted by Crippen LogP contribution is 2.17. The first-order valence-corrected chi connectivity index (χ1v) is 8.29. The van der Waals surface area contributed by atoms with Crippen LogP contribution in [0.3, 0.4) is 0 Å². The van der Waals surface area contributed by atoms with Crippen LogP contribution < -0.4 is 11.1 Å². The van der Waals surface area contributed by atoms with E-state index in [1.807, 2.05) is 36.1 Å². The minimum absolute atomic E-state index is 0.0722. The van der Waals surface area contributed by atoms with Crippen LogP contribution in [0.1, 0.15) is 24.1 Å². The number of amides is 1. The van der Waals surface area contributed by atoms with Crippen molar-refractivity contribution in [3.63, 3.8) is 0 Å². The maximum absolute atomic E-state index is 12.2. The zero-order valence-corrected chi connectivity index (χ0v) is 13.9. The van der Waals surface area contributed by atoms with Gasteiger partial charge in [-0.2, -0.15) is 4.98 Å². The third-order valence-corrected chi connectivity index (χ3v) is 4.17. The molecule has 1 aromatic heterocycles. The van der Waals surface area contributed by atoms with Crippen LogP contribution in [0.5, 0.6) is 0 Å². The Morgan fingerprint density at radius 3 is 2.83 bits per heavy atom. The Morgan fingerprint density at radius 1 is 1.29 bits per heavy atom. The van der Waals surface area contributed by atoms with Crippen molar-refractivity contribution >= 4 is 17.7 Å². The minimum Gasteiger partial charge on any atom is -0.368 e. The SMILES string of the molecule is Cc1cc(NC2CC(=O)N(CCCc3ccccc3)C2)nc(N)n1. The van der Waals surface area contributed by atoms with Crippen molar-refractivity contribution in [2.24, 2.45) is 0 Å². The van der Waals surface area contributed by atoms with Gasteiger partial charge in [0.25, 0.3) is 0 Å². The van der Waals surface area contributed by atoms with E-state index in [2.05, 4.69) is 27.4 Å². The van der Waals surface area contributed by atoms with Gasteiger partial charge in [-0.05, 0) is 25.3 Å². The quantitative estimate of drug-likeness (QED) is 0.849. The lowest BCUT2D eigenvalue weighted by atomic mass is 10.1. The van der Waals surface area contributed by atoms with Gasteiger partial charge in [-0.25, -0.2) is 4.98 Å². The summed E-state index contributed by atoms with van der Waals surface area (Å²) in [5, 5.41) is 3.30. The van der Waals surface area contributed by atoms with Crippen LogP contribution in [-0.2, 0) is 11.2 Å². The van der Waals surface area contributed by atoms with E-state index in [9.17, 15) is 4.79 Å². The molecule has 1 aliphatic heterocycles. The Hall–Kier alpha value is -2.63. The number of aromatic nitrogens is 2. The molecule has 1 aromatic carbocycles. The number of nitrogens with two attached hydrogens (primary N) is 1. The fourth-order valence-electron chi connectivity index (χ4n) is 3.08. The maximum Gasteiger partial charge on any atom is 0.224 e. The molecule has 0 bridgehead atoms. The third kappa shape index (κ3) is 4.22. The second kappa shape index (κ2) is 7.29. The minimum atomic E-state index is 0.0722. The summed E-state index contributed by atoms with van der Waals surface area (Å²) in [5.74, 6) is 1.13. The van der Waals surface area contributed by atoms with Crippen molar-refractivity contribution in [2.75, 3.05) is 24.1 Å². The van der Waals surface area contributed by atoms with Crippen LogP contribution in [0.15, 0.2) is 36.4 Å². The number of likely N-dealkylation sites (tertiary alicyclic amines) is 1. The van der Waals surface area contributed by atoms with E-state index in [1.54, 1.807) is 0 Å². The first-order chi connectivity index (χ1) is 11.6. The highest BCUT2D eigenvalue weighted by Gasteiger charge is 2.29. The molecule has 2 aromatic rings. The van der Waals surface area contributed by atoms with E-state index < -0.39 is 0 Å². The van der Waals surface area contributed by atoms with Gasteiger partial charge < -0.3 is 16.0 Å². The molecule has 24 heavy (non-hydrogen) atoms. The lowest BCUT2D eigenvalue weighted by Gasteiger charge is -2.17. The van der Waals surface area contributed by atoms with Crippen LogP contribution in [0.25, 0.3) is 0 Å². The molecular formula is C18H23N5O. The monoisotopic (exact) mass is 325 g/mol. The van der Waals surface area contributed by atoms with Crippen molar-refractivity contribution in [1.29, 1.82) is 0 Å². The van der Waals surface area contributed by atoms with E-state index in [-0.39, 0.29) is 17.9 Å². The summed E-state index contributed by atoms with van der Waals surface area (Å²) < 4.78 is 0. The first-order valence-electron chi connectivity index (χ1n) is 8.29. The first kappa shape index (κ1) is 16.2. The second-order valence-corrected chi connectivity index (χ2v) is 6.23. The van der Waals surface area contributed by atoms with Crippen molar-refractivity contribution in [1.82, 2.24) is 14.9 Å². The van der Waals surface area contributed by atoms with E-state index >= 15 is 0 Å². The van der Waals surface area contributed by atoms with E-state index in [0.29, 0.717) is 18.8 Å². The lowest BCUT2D eigenvalue weighted by Crippen LogP contribution is -2.29. The average molecular weight is 325 g/mol. The molecule has 1 fully saturated rings. The molecule has 0 spiro atoms. The number of anilines is 2. The normalized spacial score (nSPS) is 17.3. The van der Waals surface area contributed by atoms with Crippen molar-refractivity contribution in [3.8, 4) is 0 Å². The van der Waals surface area contributed by atoms with Gasteiger partial charge in [-0.15, -0.1) is 0 Å². The van der Waals surface area contributed by atoms with Crippen molar-refractivity contribution in [3.05, 3.63) is 47.7 Å². The fourth-order valence-corrected chi connectivity index (χ4v) is 3.08. The van der Waals surface area contributed by atoms with Gasteiger partial charge >= 0.3 is 0 Å². The summed E-state index contributed by atoms with van der Waals surface area (Å²) in [7, 11) is 0. The fraction of sp³-hybridized carbons (Fsp3) is 0.389. The number of nitrogens with one attached hydrogen (secondary N) is 1. The van der Waals surface area contributed by atoms with Gasteiger partial charge in [-0.3, -0.25) is 4.79 Å². The number of carbonyl (C=O) groups excluding carboxylic acids is 1. The molecule has 126 valence electrons. The van der Waals surface area contributed by atoms with Gasteiger partial charge in [0, 0.05) is 31.3 Å². The number of carbonyl (C=O) groups is 1. The van der Waals surface area contributed by atoms with Crippen LogP contribution >= 0.6 is 0 Å². The number of rotatable bonds is 6. The zero-order valence-electron chi connectivity index (χ0n) is 13.9. The molecule has 6 heteroatoms. The largest absolute Gasteiger partial charge is 0.368 e. The molecule has 1 unspecified atom stereocenters. The number of hydrogen-bond donors (Lipinski definition) is 2. The summed E-state index contributed by atoms with van der Waals surface area (Å²) in [6, 6.07) is 12.3. The van der Waals surface area contributed by atoms with E-state index in [1.165, 1.54) is 5.56 Å². The third-order valence-electron chi connectivity index (χ3n) is 4.17. The summed E-state index contributed by atoms with van der Waals surface area (Å²) in [6.07, 6.45) is 2.46. The molecule has 0 radical (unpaired) electrons. The molecule has 0 saturated carbocycles. The Balaban J connectivity index is 1.50. The van der Waals surface area contributed by atoms with Crippen LogP contribution in [0.2, 0.25) is 0 Å². The molecule has 1 saturated heterocycles. The number of benzene rings is 1. The average Bonchev–Trinajstić information content (AvgIpc) is 2.87. The summed E-state index contributed by atoms with van der Waals surface area (Å²) in [6.45, 7) is 3.37. The molecule has 0 aliphatic carbocycles. The Kier molecular flexibility index (Phi) is 4.93. The van der Waals surface area contributed by atoms with E-state index in [4.69, 9.17) is 5.73 Å².